The monoisotopic (exact) mass is 379 g/mol. The fraction of sp³-hybridized carbons (Fsp3) is 0.435. The van der Waals surface area contributed by atoms with E-state index in [2.05, 4.69) is 31.1 Å². The van der Waals surface area contributed by atoms with Crippen molar-refractivity contribution in [2.45, 2.75) is 51.9 Å². The van der Waals surface area contributed by atoms with E-state index in [1.807, 2.05) is 29.2 Å². The van der Waals surface area contributed by atoms with Crippen LogP contribution in [0.2, 0.25) is 0 Å². The summed E-state index contributed by atoms with van der Waals surface area (Å²) in [6, 6.07) is 12.8. The number of carbonyl (C=O) groups excluding carboxylic acids is 2. The molecule has 28 heavy (non-hydrogen) atoms. The van der Waals surface area contributed by atoms with Gasteiger partial charge in [-0.25, -0.2) is 4.98 Å². The number of anilines is 1. The first-order chi connectivity index (χ1) is 13.4. The van der Waals surface area contributed by atoms with Gasteiger partial charge in [0, 0.05) is 18.8 Å². The molecule has 2 heterocycles. The topological polar surface area (TPSA) is 62.3 Å². The van der Waals surface area contributed by atoms with E-state index in [0.717, 1.165) is 50.0 Å². The predicted octanol–water partition coefficient (Wildman–Crippen LogP) is 4.65. The van der Waals surface area contributed by atoms with Crippen molar-refractivity contribution < 1.29 is 9.59 Å². The quantitative estimate of drug-likeness (QED) is 0.844. The highest BCUT2D eigenvalue weighted by molar-refractivity contribution is 6.04. The molecule has 1 aliphatic heterocycles. The Hall–Kier alpha value is -2.69. The third kappa shape index (κ3) is 4.77. The first kappa shape index (κ1) is 20.1. The van der Waals surface area contributed by atoms with E-state index >= 15 is 0 Å². The molecule has 2 amide bonds. The Morgan fingerprint density at radius 2 is 1.54 bits per heavy atom. The molecule has 0 unspecified atom stereocenters. The number of nitrogens with one attached hydrogen (secondary N) is 1. The van der Waals surface area contributed by atoms with Gasteiger partial charge in [0.1, 0.15) is 11.4 Å². The zero-order chi connectivity index (χ0) is 20.1. The summed E-state index contributed by atoms with van der Waals surface area (Å²) in [7, 11) is 0. The molecule has 1 saturated heterocycles. The summed E-state index contributed by atoms with van der Waals surface area (Å²) >= 11 is 0. The molecule has 0 atom stereocenters. The molecule has 1 aromatic carbocycles. The van der Waals surface area contributed by atoms with E-state index in [1.54, 1.807) is 18.2 Å². The molecule has 1 N–H and O–H groups in total. The third-order valence-electron chi connectivity index (χ3n) is 5.08. The lowest BCUT2D eigenvalue weighted by Crippen LogP contribution is -2.32. The van der Waals surface area contributed by atoms with Crippen LogP contribution in [0.15, 0.2) is 42.5 Å². The van der Waals surface area contributed by atoms with Crippen LogP contribution in [0.1, 0.15) is 73.0 Å². The average Bonchev–Trinajstić information content (AvgIpc) is 2.96. The Labute approximate surface area is 167 Å². The molecule has 0 saturated carbocycles. The third-order valence-corrected chi connectivity index (χ3v) is 5.08. The summed E-state index contributed by atoms with van der Waals surface area (Å²) in [5.41, 5.74) is 2.32. The molecule has 2 aromatic rings. The summed E-state index contributed by atoms with van der Waals surface area (Å²) in [6.07, 6.45) is 4.37. The Bertz CT molecular complexity index is 847. The average molecular weight is 380 g/mol. The fourth-order valence-electron chi connectivity index (χ4n) is 3.55. The van der Waals surface area contributed by atoms with E-state index in [-0.39, 0.29) is 22.9 Å². The summed E-state index contributed by atoms with van der Waals surface area (Å²) < 4.78 is 0. The number of para-hydroxylation sites is 1. The Balaban J connectivity index is 1.79. The lowest BCUT2D eigenvalue weighted by Gasteiger charge is -2.23. The van der Waals surface area contributed by atoms with Crippen LogP contribution in [-0.2, 0) is 5.41 Å². The van der Waals surface area contributed by atoms with Crippen LogP contribution >= 0.6 is 0 Å². The minimum Gasteiger partial charge on any atom is -0.337 e. The lowest BCUT2D eigenvalue weighted by atomic mass is 9.86. The van der Waals surface area contributed by atoms with Crippen molar-refractivity contribution in [3.63, 3.8) is 0 Å². The Morgan fingerprint density at radius 1 is 0.893 bits per heavy atom. The standard InChI is InChI=1S/C23H29N3O2/c1-23(2,3)17-11-6-7-12-18(17)25-21(27)19-13-10-14-20(24-19)22(28)26-15-8-4-5-9-16-26/h6-7,10-14H,4-5,8-9,15-16H2,1-3H3,(H,25,27). The van der Waals surface area contributed by atoms with Gasteiger partial charge in [0.25, 0.3) is 11.8 Å². The molecular formula is C23H29N3O2. The van der Waals surface area contributed by atoms with Crippen molar-refractivity contribution in [2.75, 3.05) is 18.4 Å². The smallest absolute Gasteiger partial charge is 0.274 e. The van der Waals surface area contributed by atoms with Crippen molar-refractivity contribution in [3.8, 4) is 0 Å². The van der Waals surface area contributed by atoms with Crippen molar-refractivity contribution in [3.05, 3.63) is 59.4 Å². The maximum Gasteiger partial charge on any atom is 0.274 e. The van der Waals surface area contributed by atoms with Crippen LogP contribution in [0.5, 0.6) is 0 Å². The Morgan fingerprint density at radius 3 is 2.21 bits per heavy atom. The number of hydrogen-bond acceptors (Lipinski definition) is 3. The summed E-state index contributed by atoms with van der Waals surface area (Å²) in [5, 5.41) is 2.96. The fourth-order valence-corrected chi connectivity index (χ4v) is 3.55. The highest BCUT2D eigenvalue weighted by Crippen LogP contribution is 2.29. The predicted molar refractivity (Wildman–Crippen MR) is 112 cm³/mol. The molecule has 5 nitrogen and oxygen atoms in total. The number of likely N-dealkylation sites (tertiary alicyclic amines) is 1. The number of benzene rings is 1. The van der Waals surface area contributed by atoms with Gasteiger partial charge in [0.2, 0.25) is 0 Å². The van der Waals surface area contributed by atoms with Gasteiger partial charge in [-0.15, -0.1) is 0 Å². The summed E-state index contributed by atoms with van der Waals surface area (Å²) in [6.45, 7) is 7.84. The normalized spacial score (nSPS) is 15.0. The molecule has 0 spiro atoms. The van der Waals surface area contributed by atoms with Crippen LogP contribution in [0.4, 0.5) is 5.69 Å². The van der Waals surface area contributed by atoms with Crippen LogP contribution in [-0.4, -0.2) is 34.8 Å². The van der Waals surface area contributed by atoms with Gasteiger partial charge in [-0.3, -0.25) is 9.59 Å². The van der Waals surface area contributed by atoms with Crippen LogP contribution in [0.25, 0.3) is 0 Å². The maximum absolute atomic E-state index is 12.8. The number of carbonyl (C=O) groups is 2. The van der Waals surface area contributed by atoms with Gasteiger partial charge in [-0.1, -0.05) is 57.9 Å². The largest absolute Gasteiger partial charge is 0.337 e. The number of aromatic nitrogens is 1. The van der Waals surface area contributed by atoms with Gasteiger partial charge in [0.15, 0.2) is 0 Å². The number of hydrogen-bond donors (Lipinski definition) is 1. The number of pyridine rings is 1. The minimum atomic E-state index is -0.304. The first-order valence-electron chi connectivity index (χ1n) is 10.0. The molecule has 0 aliphatic carbocycles. The zero-order valence-electron chi connectivity index (χ0n) is 17.0. The molecule has 0 radical (unpaired) electrons. The van der Waals surface area contributed by atoms with Crippen molar-refractivity contribution in [1.82, 2.24) is 9.88 Å². The van der Waals surface area contributed by atoms with Gasteiger partial charge in [-0.2, -0.15) is 0 Å². The van der Waals surface area contributed by atoms with E-state index < -0.39 is 0 Å². The van der Waals surface area contributed by atoms with Gasteiger partial charge < -0.3 is 10.2 Å². The summed E-state index contributed by atoms with van der Waals surface area (Å²) in [5.74, 6) is -0.395. The second-order valence-electron chi connectivity index (χ2n) is 8.36. The van der Waals surface area contributed by atoms with E-state index in [0.29, 0.717) is 5.69 Å². The molecule has 1 aliphatic rings. The van der Waals surface area contributed by atoms with E-state index in [1.165, 1.54) is 0 Å². The van der Waals surface area contributed by atoms with Crippen LogP contribution in [0, 0.1) is 0 Å². The number of amides is 2. The highest BCUT2D eigenvalue weighted by atomic mass is 16.2. The van der Waals surface area contributed by atoms with Crippen molar-refractivity contribution in [1.29, 1.82) is 0 Å². The highest BCUT2D eigenvalue weighted by Gasteiger charge is 2.21. The van der Waals surface area contributed by atoms with Crippen LogP contribution < -0.4 is 5.32 Å². The summed E-state index contributed by atoms with van der Waals surface area (Å²) in [4.78, 5) is 31.8. The van der Waals surface area contributed by atoms with Gasteiger partial charge in [0.05, 0.1) is 0 Å². The molecule has 1 aromatic heterocycles. The maximum atomic E-state index is 12.8. The van der Waals surface area contributed by atoms with Crippen LogP contribution in [0.3, 0.4) is 0 Å². The van der Waals surface area contributed by atoms with E-state index in [9.17, 15) is 9.59 Å². The van der Waals surface area contributed by atoms with Gasteiger partial charge >= 0.3 is 0 Å². The van der Waals surface area contributed by atoms with Crippen molar-refractivity contribution >= 4 is 17.5 Å². The molecular weight excluding hydrogens is 350 g/mol. The first-order valence-corrected chi connectivity index (χ1v) is 10.0. The molecule has 1 fully saturated rings. The second kappa shape index (κ2) is 8.55. The zero-order valence-corrected chi connectivity index (χ0v) is 17.0. The van der Waals surface area contributed by atoms with Crippen molar-refractivity contribution in [2.24, 2.45) is 0 Å². The SMILES string of the molecule is CC(C)(C)c1ccccc1NC(=O)c1cccc(C(=O)N2CCCCCC2)n1. The molecule has 3 rings (SSSR count). The molecule has 148 valence electrons. The minimum absolute atomic E-state index is 0.0911. The molecule has 0 bridgehead atoms. The second-order valence-corrected chi connectivity index (χ2v) is 8.36. The van der Waals surface area contributed by atoms with E-state index in [4.69, 9.17) is 0 Å². The number of rotatable bonds is 3. The molecule has 5 heteroatoms. The van der Waals surface area contributed by atoms with Gasteiger partial charge in [-0.05, 0) is 42.0 Å². The number of nitrogens with zero attached hydrogens (tertiary/aromatic N) is 2. The Kier molecular flexibility index (Phi) is 6.12. The lowest BCUT2D eigenvalue weighted by molar-refractivity contribution is 0.0755.